The Morgan fingerprint density at radius 3 is 2.73 bits per heavy atom. The second-order valence-corrected chi connectivity index (χ2v) is 4.51. The molecule has 1 aliphatic carbocycles. The lowest BCUT2D eigenvalue weighted by Gasteiger charge is -2.21. The molecule has 1 aliphatic rings. The molecule has 1 rings (SSSR count). The number of likely N-dealkylation sites (N-methyl/N-ethyl adjacent to an activating group) is 1. The predicted octanol–water partition coefficient (Wildman–Crippen LogP) is 0.781. The average Bonchev–Trinajstić information content (AvgIpc) is 2.95. The van der Waals surface area contributed by atoms with E-state index < -0.39 is 12.0 Å². The molecule has 1 unspecified atom stereocenters. The number of carboxylic acids is 1. The van der Waals surface area contributed by atoms with Crippen molar-refractivity contribution >= 4 is 5.97 Å². The van der Waals surface area contributed by atoms with Gasteiger partial charge in [-0.1, -0.05) is 6.92 Å². The van der Waals surface area contributed by atoms with E-state index in [9.17, 15) is 4.79 Å². The quantitative estimate of drug-likeness (QED) is 0.627. The van der Waals surface area contributed by atoms with E-state index >= 15 is 0 Å². The summed E-state index contributed by atoms with van der Waals surface area (Å²) in [6, 6.07) is -0.423. The Bertz CT molecular complexity index is 205. The van der Waals surface area contributed by atoms with E-state index in [1.165, 1.54) is 12.8 Å². The third kappa shape index (κ3) is 5.14. The monoisotopic (exact) mass is 214 g/mol. The molecular weight excluding hydrogens is 192 g/mol. The van der Waals surface area contributed by atoms with Gasteiger partial charge in [0.25, 0.3) is 0 Å². The Hall–Kier alpha value is -0.610. The van der Waals surface area contributed by atoms with Gasteiger partial charge < -0.3 is 15.3 Å². The lowest BCUT2D eigenvalue weighted by molar-refractivity contribution is -0.139. The van der Waals surface area contributed by atoms with Crippen LogP contribution < -0.4 is 5.32 Å². The molecule has 0 amide bonds. The molecule has 0 aromatic carbocycles. The van der Waals surface area contributed by atoms with Gasteiger partial charge in [-0.25, -0.2) is 0 Å². The van der Waals surface area contributed by atoms with Crippen LogP contribution in [-0.2, 0) is 4.79 Å². The van der Waals surface area contributed by atoms with Crippen molar-refractivity contribution < 1.29 is 9.90 Å². The Morgan fingerprint density at radius 2 is 2.27 bits per heavy atom. The minimum atomic E-state index is -0.744. The van der Waals surface area contributed by atoms with Crippen LogP contribution in [0.2, 0.25) is 0 Å². The van der Waals surface area contributed by atoms with Crippen LogP contribution in [0.1, 0.15) is 26.2 Å². The fourth-order valence-corrected chi connectivity index (χ4v) is 1.68. The maximum absolute atomic E-state index is 11.0. The van der Waals surface area contributed by atoms with Gasteiger partial charge in [-0.05, 0) is 38.8 Å². The first-order valence-corrected chi connectivity index (χ1v) is 5.78. The molecule has 1 fully saturated rings. The van der Waals surface area contributed by atoms with Crippen molar-refractivity contribution in [3.05, 3.63) is 0 Å². The first-order chi connectivity index (χ1) is 7.13. The number of carbonyl (C=O) groups is 1. The van der Waals surface area contributed by atoms with Gasteiger partial charge in [-0.3, -0.25) is 4.79 Å². The van der Waals surface area contributed by atoms with Crippen molar-refractivity contribution in [3.8, 4) is 0 Å². The molecule has 0 aliphatic heterocycles. The van der Waals surface area contributed by atoms with Crippen molar-refractivity contribution in [2.24, 2.45) is 5.92 Å². The van der Waals surface area contributed by atoms with Crippen molar-refractivity contribution in [1.29, 1.82) is 0 Å². The molecule has 0 saturated heterocycles. The maximum atomic E-state index is 11.0. The number of nitrogens with zero attached hydrogens (tertiary/aromatic N) is 1. The zero-order valence-corrected chi connectivity index (χ0v) is 9.70. The molecule has 0 heterocycles. The average molecular weight is 214 g/mol. The molecule has 0 bridgehead atoms. The summed E-state index contributed by atoms with van der Waals surface area (Å²) in [5.74, 6) is 0.0710. The van der Waals surface area contributed by atoms with E-state index in [-0.39, 0.29) is 0 Å². The molecule has 4 nitrogen and oxygen atoms in total. The summed E-state index contributed by atoms with van der Waals surface area (Å²) in [6.07, 6.45) is 3.59. The minimum absolute atomic E-state index is 0.423. The standard InChI is InChI=1S/C11H22N2O2/c1-3-6-12-10(11(14)15)8-13(2)7-9-4-5-9/h9-10,12H,3-8H2,1-2H3,(H,14,15). The second-order valence-electron chi connectivity index (χ2n) is 4.51. The maximum Gasteiger partial charge on any atom is 0.322 e. The third-order valence-electron chi connectivity index (χ3n) is 2.70. The van der Waals surface area contributed by atoms with Gasteiger partial charge in [0.1, 0.15) is 6.04 Å². The first kappa shape index (κ1) is 12.5. The fourth-order valence-electron chi connectivity index (χ4n) is 1.68. The highest BCUT2D eigenvalue weighted by Crippen LogP contribution is 2.29. The molecule has 0 aromatic heterocycles. The van der Waals surface area contributed by atoms with Crippen LogP contribution in [0.3, 0.4) is 0 Å². The van der Waals surface area contributed by atoms with E-state index in [1.54, 1.807) is 0 Å². The number of hydrogen-bond donors (Lipinski definition) is 2. The Morgan fingerprint density at radius 1 is 1.60 bits per heavy atom. The Labute approximate surface area is 91.6 Å². The zero-order chi connectivity index (χ0) is 11.3. The Kier molecular flexibility index (Phi) is 5.05. The van der Waals surface area contributed by atoms with Crippen molar-refractivity contribution in [2.75, 3.05) is 26.7 Å². The number of carboxylic acid groups (broad SMARTS) is 1. The highest BCUT2D eigenvalue weighted by Gasteiger charge is 2.25. The van der Waals surface area contributed by atoms with Gasteiger partial charge in [0.2, 0.25) is 0 Å². The lowest BCUT2D eigenvalue weighted by Crippen LogP contribution is -2.45. The zero-order valence-electron chi connectivity index (χ0n) is 9.70. The third-order valence-corrected chi connectivity index (χ3v) is 2.70. The summed E-state index contributed by atoms with van der Waals surface area (Å²) >= 11 is 0. The summed E-state index contributed by atoms with van der Waals surface area (Å²) in [6.45, 7) is 4.46. The molecule has 2 N–H and O–H groups in total. The van der Waals surface area contributed by atoms with E-state index in [2.05, 4.69) is 10.2 Å². The first-order valence-electron chi connectivity index (χ1n) is 5.78. The largest absolute Gasteiger partial charge is 0.480 e. The lowest BCUT2D eigenvalue weighted by atomic mass is 10.2. The summed E-state index contributed by atoms with van der Waals surface area (Å²) in [5.41, 5.74) is 0. The molecule has 0 spiro atoms. The van der Waals surface area contributed by atoms with Crippen molar-refractivity contribution in [3.63, 3.8) is 0 Å². The molecule has 0 aromatic rings. The fraction of sp³-hybridized carbons (Fsp3) is 0.909. The smallest absolute Gasteiger partial charge is 0.322 e. The van der Waals surface area contributed by atoms with Crippen LogP contribution in [0.5, 0.6) is 0 Å². The molecule has 88 valence electrons. The molecule has 4 heteroatoms. The normalized spacial score (nSPS) is 18.1. The number of rotatable bonds is 8. The molecule has 15 heavy (non-hydrogen) atoms. The minimum Gasteiger partial charge on any atom is -0.480 e. The molecule has 0 radical (unpaired) electrons. The summed E-state index contributed by atoms with van der Waals surface area (Å²) in [7, 11) is 2.00. The Balaban J connectivity index is 2.24. The predicted molar refractivity (Wildman–Crippen MR) is 59.9 cm³/mol. The van der Waals surface area contributed by atoms with Crippen LogP contribution in [0.4, 0.5) is 0 Å². The highest BCUT2D eigenvalue weighted by atomic mass is 16.4. The van der Waals surface area contributed by atoms with E-state index in [1.807, 2.05) is 14.0 Å². The number of aliphatic carboxylic acids is 1. The second kappa shape index (κ2) is 6.08. The number of hydrogen-bond acceptors (Lipinski definition) is 3. The molecule has 1 atom stereocenters. The van der Waals surface area contributed by atoms with Gasteiger partial charge in [0, 0.05) is 13.1 Å². The molecular formula is C11H22N2O2. The van der Waals surface area contributed by atoms with Crippen LogP contribution in [0, 0.1) is 5.92 Å². The topological polar surface area (TPSA) is 52.6 Å². The van der Waals surface area contributed by atoms with Gasteiger partial charge in [-0.2, -0.15) is 0 Å². The van der Waals surface area contributed by atoms with Crippen LogP contribution in [0.15, 0.2) is 0 Å². The van der Waals surface area contributed by atoms with Crippen LogP contribution in [0.25, 0.3) is 0 Å². The summed E-state index contributed by atoms with van der Waals surface area (Å²) in [4.78, 5) is 13.1. The van der Waals surface area contributed by atoms with E-state index in [0.29, 0.717) is 6.54 Å². The summed E-state index contributed by atoms with van der Waals surface area (Å²) in [5, 5.41) is 12.1. The van der Waals surface area contributed by atoms with Crippen molar-refractivity contribution in [1.82, 2.24) is 10.2 Å². The SMILES string of the molecule is CCCNC(CN(C)CC1CC1)C(=O)O. The van der Waals surface area contributed by atoms with Crippen LogP contribution in [-0.4, -0.2) is 48.7 Å². The van der Waals surface area contributed by atoms with Gasteiger partial charge in [0.15, 0.2) is 0 Å². The molecule has 1 saturated carbocycles. The highest BCUT2D eigenvalue weighted by molar-refractivity contribution is 5.73. The van der Waals surface area contributed by atoms with Gasteiger partial charge >= 0.3 is 5.97 Å². The van der Waals surface area contributed by atoms with E-state index in [4.69, 9.17) is 5.11 Å². The van der Waals surface area contributed by atoms with Gasteiger partial charge in [0.05, 0.1) is 0 Å². The number of nitrogens with one attached hydrogen (secondary N) is 1. The summed E-state index contributed by atoms with van der Waals surface area (Å²) < 4.78 is 0. The van der Waals surface area contributed by atoms with Gasteiger partial charge in [-0.15, -0.1) is 0 Å². The van der Waals surface area contributed by atoms with Crippen LogP contribution >= 0.6 is 0 Å². The van der Waals surface area contributed by atoms with E-state index in [0.717, 1.165) is 25.4 Å². The van der Waals surface area contributed by atoms with Crippen molar-refractivity contribution in [2.45, 2.75) is 32.2 Å².